The number of hydrogen-bond acceptors (Lipinski definition) is 6. The zero-order chi connectivity index (χ0) is 17.2. The molecule has 1 aromatic carbocycles. The number of hydrazine groups is 1. The van der Waals surface area contributed by atoms with Crippen molar-refractivity contribution in [3.63, 3.8) is 0 Å². The third-order valence-electron chi connectivity index (χ3n) is 2.78. The number of hydrogen-bond donors (Lipinski definition) is 2. The lowest BCUT2D eigenvalue weighted by Crippen LogP contribution is -2.41. The van der Waals surface area contributed by atoms with Crippen molar-refractivity contribution in [2.45, 2.75) is 11.8 Å². The molecule has 2 aromatic rings. The van der Waals surface area contributed by atoms with E-state index in [1.165, 1.54) is 31.2 Å². The molecule has 0 saturated heterocycles. The summed E-state index contributed by atoms with van der Waals surface area (Å²) in [6.45, 7) is 1.49. The first-order chi connectivity index (χ1) is 10.7. The Hall–Kier alpha value is -2.01. The lowest BCUT2D eigenvalue weighted by atomic mass is 10.2. The van der Waals surface area contributed by atoms with E-state index in [1.807, 2.05) is 10.3 Å². The zero-order valence-corrected chi connectivity index (χ0v) is 14.0. The molecule has 0 aliphatic heterocycles. The number of carbonyl (C=O) groups excluding carboxylic acids is 1. The summed E-state index contributed by atoms with van der Waals surface area (Å²) in [6.07, 6.45) is 0. The SMILES string of the molecule is Cc1ccc(S(=O)(=O)NNC(=O)c2ccc(Cl)s2)cc1[N+](=O)[O-]. The number of nitrogens with one attached hydrogen (secondary N) is 2. The molecule has 0 aliphatic carbocycles. The molecule has 0 saturated carbocycles. The van der Waals surface area contributed by atoms with Crippen molar-refractivity contribution in [2.24, 2.45) is 0 Å². The van der Waals surface area contributed by atoms with Crippen molar-refractivity contribution in [1.29, 1.82) is 0 Å². The number of benzene rings is 1. The highest BCUT2D eigenvalue weighted by molar-refractivity contribution is 7.89. The number of aryl methyl sites for hydroxylation is 1. The van der Waals surface area contributed by atoms with Crippen LogP contribution in [0, 0.1) is 17.0 Å². The van der Waals surface area contributed by atoms with Crippen LogP contribution in [0.15, 0.2) is 35.2 Å². The van der Waals surface area contributed by atoms with Crippen LogP contribution in [0.1, 0.15) is 15.2 Å². The second-order valence-corrected chi connectivity index (χ2v) is 7.77. The molecule has 0 atom stereocenters. The Kier molecular flexibility index (Phi) is 5.00. The minimum absolute atomic E-state index is 0.215. The van der Waals surface area contributed by atoms with E-state index in [9.17, 15) is 23.3 Å². The molecule has 0 bridgehead atoms. The van der Waals surface area contributed by atoms with Crippen LogP contribution in [-0.2, 0) is 10.0 Å². The molecule has 0 aliphatic rings. The van der Waals surface area contributed by atoms with Crippen molar-refractivity contribution in [2.75, 3.05) is 0 Å². The monoisotopic (exact) mass is 375 g/mol. The van der Waals surface area contributed by atoms with Gasteiger partial charge in [0.1, 0.15) is 0 Å². The quantitative estimate of drug-likeness (QED) is 0.613. The van der Waals surface area contributed by atoms with Gasteiger partial charge >= 0.3 is 0 Å². The van der Waals surface area contributed by atoms with Gasteiger partial charge < -0.3 is 0 Å². The third-order valence-corrected chi connectivity index (χ3v) is 5.26. The number of carbonyl (C=O) groups is 1. The lowest BCUT2D eigenvalue weighted by molar-refractivity contribution is -0.385. The Morgan fingerprint density at radius 1 is 1.30 bits per heavy atom. The highest BCUT2D eigenvalue weighted by Crippen LogP contribution is 2.22. The molecule has 11 heteroatoms. The van der Waals surface area contributed by atoms with E-state index in [1.54, 1.807) is 0 Å². The Bertz CT molecular complexity index is 879. The minimum atomic E-state index is -4.14. The summed E-state index contributed by atoms with van der Waals surface area (Å²) in [5.41, 5.74) is 2.02. The van der Waals surface area contributed by atoms with Gasteiger partial charge in [0.2, 0.25) is 0 Å². The maximum atomic E-state index is 12.1. The van der Waals surface area contributed by atoms with Crippen molar-refractivity contribution in [3.05, 3.63) is 55.2 Å². The van der Waals surface area contributed by atoms with Crippen LogP contribution in [0.2, 0.25) is 4.34 Å². The minimum Gasteiger partial charge on any atom is -0.273 e. The van der Waals surface area contributed by atoms with Crippen molar-refractivity contribution >= 4 is 44.6 Å². The molecule has 1 aromatic heterocycles. The number of rotatable bonds is 5. The molecule has 23 heavy (non-hydrogen) atoms. The summed E-state index contributed by atoms with van der Waals surface area (Å²) < 4.78 is 24.6. The number of nitrogens with zero attached hydrogens (tertiary/aromatic N) is 1. The number of halogens is 1. The number of nitro groups is 1. The fourth-order valence-electron chi connectivity index (χ4n) is 1.62. The topological polar surface area (TPSA) is 118 Å². The molecule has 1 amide bonds. The Morgan fingerprint density at radius 2 is 2.00 bits per heavy atom. The van der Waals surface area contributed by atoms with Crippen LogP contribution in [0.5, 0.6) is 0 Å². The second-order valence-electron chi connectivity index (χ2n) is 4.37. The smallest absolute Gasteiger partial charge is 0.273 e. The second kappa shape index (κ2) is 6.62. The maximum absolute atomic E-state index is 12.1. The standard InChI is InChI=1S/C12H10ClN3O5S2/c1-7-2-3-8(6-9(7)16(18)19)23(20,21)15-14-12(17)10-4-5-11(13)22-10/h2-6,15H,1H3,(H,14,17). The molecule has 0 spiro atoms. The van der Waals surface area contributed by atoms with Gasteiger partial charge in [0.05, 0.1) is 19.0 Å². The first kappa shape index (κ1) is 17.3. The summed E-state index contributed by atoms with van der Waals surface area (Å²) in [5, 5.41) is 10.9. The number of amides is 1. The molecular formula is C12H10ClN3O5S2. The third kappa shape index (κ3) is 4.05. The molecule has 0 unspecified atom stereocenters. The normalized spacial score (nSPS) is 11.2. The summed E-state index contributed by atoms with van der Waals surface area (Å²) in [7, 11) is -4.14. The van der Waals surface area contributed by atoms with E-state index in [2.05, 4.69) is 0 Å². The largest absolute Gasteiger partial charge is 0.276 e. The molecule has 8 nitrogen and oxygen atoms in total. The van der Waals surface area contributed by atoms with Crippen molar-refractivity contribution in [1.82, 2.24) is 10.3 Å². The van der Waals surface area contributed by atoms with Gasteiger partial charge in [-0.05, 0) is 25.1 Å². The number of thiophene rings is 1. The van der Waals surface area contributed by atoms with Crippen molar-refractivity contribution < 1.29 is 18.1 Å². The Balaban J connectivity index is 2.17. The van der Waals surface area contributed by atoms with E-state index in [-0.39, 0.29) is 15.5 Å². The Morgan fingerprint density at radius 3 is 2.57 bits per heavy atom. The van der Waals surface area contributed by atoms with Gasteiger partial charge in [0.25, 0.3) is 21.6 Å². The maximum Gasteiger partial charge on any atom is 0.276 e. The van der Waals surface area contributed by atoms with Gasteiger partial charge in [-0.3, -0.25) is 20.3 Å². The van der Waals surface area contributed by atoms with Gasteiger partial charge in [-0.25, -0.2) is 8.42 Å². The Labute approximate surface area is 140 Å². The van der Waals surface area contributed by atoms with Gasteiger partial charge in [-0.1, -0.05) is 17.7 Å². The molecule has 1 heterocycles. The van der Waals surface area contributed by atoms with Gasteiger partial charge in [0.15, 0.2) is 0 Å². The molecule has 2 rings (SSSR count). The summed E-state index contributed by atoms with van der Waals surface area (Å²) in [5.74, 6) is -0.688. The number of nitro benzene ring substituents is 1. The zero-order valence-electron chi connectivity index (χ0n) is 11.6. The van der Waals surface area contributed by atoms with Gasteiger partial charge in [0, 0.05) is 11.6 Å². The fourth-order valence-corrected chi connectivity index (χ4v) is 3.42. The van der Waals surface area contributed by atoms with Crippen molar-refractivity contribution in [3.8, 4) is 0 Å². The van der Waals surface area contributed by atoms with Gasteiger partial charge in [-0.15, -0.1) is 16.2 Å². The first-order valence-corrected chi connectivity index (χ1v) is 8.71. The van der Waals surface area contributed by atoms with Crippen LogP contribution in [-0.4, -0.2) is 19.2 Å². The van der Waals surface area contributed by atoms with E-state index in [4.69, 9.17) is 11.6 Å². The first-order valence-electron chi connectivity index (χ1n) is 6.03. The molecule has 0 radical (unpaired) electrons. The van der Waals surface area contributed by atoms with Crippen LogP contribution in [0.4, 0.5) is 5.69 Å². The predicted octanol–water partition coefficient (Wildman–Crippen LogP) is 2.24. The fraction of sp³-hybridized carbons (Fsp3) is 0.0833. The highest BCUT2D eigenvalue weighted by Gasteiger charge is 2.21. The van der Waals surface area contributed by atoms with Gasteiger partial charge in [-0.2, -0.15) is 0 Å². The summed E-state index contributed by atoms with van der Waals surface area (Å²) >= 11 is 6.67. The van der Waals surface area contributed by atoms with Crippen LogP contribution in [0.3, 0.4) is 0 Å². The summed E-state index contributed by atoms with van der Waals surface area (Å²) in [6, 6.07) is 6.38. The van der Waals surface area contributed by atoms with E-state index in [0.29, 0.717) is 9.90 Å². The summed E-state index contributed by atoms with van der Waals surface area (Å²) in [4.78, 5) is 23.7. The van der Waals surface area contributed by atoms with E-state index < -0.39 is 20.9 Å². The molecular weight excluding hydrogens is 366 g/mol. The predicted molar refractivity (Wildman–Crippen MR) is 85.0 cm³/mol. The van der Waals surface area contributed by atoms with Crippen LogP contribution < -0.4 is 10.3 Å². The van der Waals surface area contributed by atoms with E-state index in [0.717, 1.165) is 17.4 Å². The van der Waals surface area contributed by atoms with E-state index >= 15 is 0 Å². The molecule has 2 N–H and O–H groups in total. The average Bonchev–Trinajstić information content (AvgIpc) is 2.91. The number of sulfonamides is 1. The average molecular weight is 376 g/mol. The molecule has 0 fully saturated rings. The molecule has 122 valence electrons. The van der Waals surface area contributed by atoms with Crippen LogP contribution >= 0.6 is 22.9 Å². The lowest BCUT2D eigenvalue weighted by Gasteiger charge is -2.08. The van der Waals surface area contributed by atoms with Crippen LogP contribution in [0.25, 0.3) is 0 Å². The highest BCUT2D eigenvalue weighted by atomic mass is 35.5.